The third-order valence-corrected chi connectivity index (χ3v) is 2.79. The van der Waals surface area contributed by atoms with Crippen LogP contribution in [0.1, 0.15) is 17.5 Å². The molecule has 0 fully saturated rings. The first-order chi connectivity index (χ1) is 9.29. The second-order valence-corrected chi connectivity index (χ2v) is 4.18. The lowest BCUT2D eigenvalue weighted by Gasteiger charge is -2.07. The normalized spacial score (nSPS) is 9.89. The molecule has 3 nitrogen and oxygen atoms in total. The monoisotopic (exact) mass is 252 g/mol. The first-order valence-corrected chi connectivity index (χ1v) is 6.10. The van der Waals surface area contributed by atoms with Crippen molar-refractivity contribution < 1.29 is 9.59 Å². The summed E-state index contributed by atoms with van der Waals surface area (Å²) >= 11 is 0. The summed E-state index contributed by atoms with van der Waals surface area (Å²) < 4.78 is 0. The van der Waals surface area contributed by atoms with Gasteiger partial charge in [0.25, 0.3) is 0 Å². The summed E-state index contributed by atoms with van der Waals surface area (Å²) in [5.41, 5.74) is 2.00. The average molecular weight is 252 g/mol. The van der Waals surface area contributed by atoms with Crippen molar-refractivity contribution in [1.82, 2.24) is 0 Å². The van der Waals surface area contributed by atoms with E-state index in [2.05, 4.69) is 5.32 Å². The molecule has 95 valence electrons. The molecule has 2 aromatic rings. The number of hydrogen-bond acceptors (Lipinski definition) is 2. The Kier molecular flexibility index (Phi) is 4.45. The van der Waals surface area contributed by atoms with E-state index in [1.54, 1.807) is 24.3 Å². The molecule has 2 aromatic carbocycles. The molecule has 1 amide bonds. The van der Waals surface area contributed by atoms with Crippen molar-refractivity contribution in [2.45, 2.75) is 12.8 Å². The standard InChI is InChI=1S/C16H14NO2/c18-12-14-8-4-5-9-15(14)17-16(19)11-10-13-6-2-1-3-7-13/h1-9H,10-11H2,(H,17,19). The van der Waals surface area contributed by atoms with Gasteiger partial charge in [0.2, 0.25) is 12.2 Å². The minimum absolute atomic E-state index is 0.105. The van der Waals surface area contributed by atoms with Crippen LogP contribution in [0.5, 0.6) is 0 Å². The molecule has 0 heterocycles. The van der Waals surface area contributed by atoms with Crippen molar-refractivity contribution in [2.24, 2.45) is 0 Å². The zero-order valence-electron chi connectivity index (χ0n) is 10.4. The zero-order valence-corrected chi connectivity index (χ0v) is 10.4. The van der Waals surface area contributed by atoms with Gasteiger partial charge in [-0.2, -0.15) is 0 Å². The van der Waals surface area contributed by atoms with Crippen LogP contribution in [0.4, 0.5) is 5.69 Å². The van der Waals surface area contributed by atoms with Crippen LogP contribution in [0, 0.1) is 0 Å². The summed E-state index contributed by atoms with van der Waals surface area (Å²) in [5, 5.41) is 2.73. The van der Waals surface area contributed by atoms with E-state index in [1.165, 1.54) is 0 Å². The number of anilines is 1. The maximum Gasteiger partial charge on any atom is 0.235 e. The Morgan fingerprint density at radius 1 is 1.00 bits per heavy atom. The van der Waals surface area contributed by atoms with Crippen molar-refractivity contribution in [1.29, 1.82) is 0 Å². The first-order valence-electron chi connectivity index (χ1n) is 6.10. The highest BCUT2D eigenvalue weighted by Gasteiger charge is 2.06. The maximum absolute atomic E-state index is 11.8. The van der Waals surface area contributed by atoms with Gasteiger partial charge < -0.3 is 5.32 Å². The highest BCUT2D eigenvalue weighted by molar-refractivity contribution is 5.96. The van der Waals surface area contributed by atoms with E-state index in [0.717, 1.165) is 5.56 Å². The highest BCUT2D eigenvalue weighted by Crippen LogP contribution is 2.13. The Labute approximate surface area is 112 Å². The third-order valence-electron chi connectivity index (χ3n) is 2.79. The number of rotatable bonds is 5. The molecule has 3 heteroatoms. The number of carbonyl (C=O) groups excluding carboxylic acids is 2. The Bertz CT molecular complexity index is 564. The Morgan fingerprint density at radius 3 is 2.42 bits per heavy atom. The summed E-state index contributed by atoms with van der Waals surface area (Å²) in [6.07, 6.45) is 2.88. The van der Waals surface area contributed by atoms with E-state index in [-0.39, 0.29) is 5.91 Å². The van der Waals surface area contributed by atoms with Crippen molar-refractivity contribution in [2.75, 3.05) is 5.32 Å². The van der Waals surface area contributed by atoms with Gasteiger partial charge in [-0.1, -0.05) is 42.5 Å². The van der Waals surface area contributed by atoms with Gasteiger partial charge in [0.1, 0.15) is 0 Å². The van der Waals surface area contributed by atoms with Crippen LogP contribution in [0.2, 0.25) is 0 Å². The fourth-order valence-electron chi connectivity index (χ4n) is 1.80. The van der Waals surface area contributed by atoms with Gasteiger partial charge in [0.15, 0.2) is 0 Å². The molecule has 0 aliphatic rings. The molecule has 0 spiro atoms. The van der Waals surface area contributed by atoms with Crippen molar-refractivity contribution in [3.8, 4) is 0 Å². The van der Waals surface area contributed by atoms with Gasteiger partial charge >= 0.3 is 0 Å². The van der Waals surface area contributed by atoms with Gasteiger partial charge in [-0.15, -0.1) is 0 Å². The van der Waals surface area contributed by atoms with Gasteiger partial charge in [-0.05, 0) is 24.1 Å². The second kappa shape index (κ2) is 6.50. The molecule has 0 saturated carbocycles. The van der Waals surface area contributed by atoms with Gasteiger partial charge in [0, 0.05) is 12.0 Å². The van der Waals surface area contributed by atoms with Crippen molar-refractivity contribution in [3.05, 3.63) is 65.7 Å². The van der Waals surface area contributed by atoms with Crippen LogP contribution in [0.15, 0.2) is 54.6 Å². The predicted molar refractivity (Wildman–Crippen MR) is 74.6 cm³/mol. The zero-order chi connectivity index (χ0) is 13.5. The molecule has 0 unspecified atom stereocenters. The Morgan fingerprint density at radius 2 is 1.68 bits per heavy atom. The molecule has 0 atom stereocenters. The molecule has 0 aliphatic heterocycles. The van der Waals surface area contributed by atoms with Gasteiger partial charge in [0.05, 0.1) is 5.69 Å². The fraction of sp³-hybridized carbons (Fsp3) is 0.125. The highest BCUT2D eigenvalue weighted by atomic mass is 16.1. The van der Waals surface area contributed by atoms with Crippen molar-refractivity contribution in [3.63, 3.8) is 0 Å². The van der Waals surface area contributed by atoms with E-state index in [9.17, 15) is 9.59 Å². The Balaban J connectivity index is 1.93. The molecule has 1 N–H and O–H groups in total. The van der Waals surface area contributed by atoms with Crippen LogP contribution in [0.25, 0.3) is 0 Å². The average Bonchev–Trinajstić information content (AvgIpc) is 2.47. The topological polar surface area (TPSA) is 46.2 Å². The lowest BCUT2D eigenvalue weighted by atomic mass is 10.1. The molecule has 0 aromatic heterocycles. The minimum atomic E-state index is -0.105. The van der Waals surface area contributed by atoms with Gasteiger partial charge in [-0.3, -0.25) is 9.59 Å². The number of nitrogens with one attached hydrogen (secondary N) is 1. The smallest absolute Gasteiger partial charge is 0.235 e. The number of carbonyl (C=O) groups is 1. The predicted octanol–water partition coefficient (Wildman–Crippen LogP) is 2.72. The SMILES string of the molecule is O=[C]c1ccccc1NC(=O)CCc1ccccc1. The molecule has 2 rings (SSSR count). The largest absolute Gasteiger partial charge is 0.325 e. The fourth-order valence-corrected chi connectivity index (χ4v) is 1.80. The molecule has 0 saturated heterocycles. The molecular formula is C16H14NO2. The van der Waals surface area contributed by atoms with Crippen LogP contribution in [-0.4, -0.2) is 12.2 Å². The van der Waals surface area contributed by atoms with Crippen molar-refractivity contribution >= 4 is 17.9 Å². The molecular weight excluding hydrogens is 238 g/mol. The summed E-state index contributed by atoms with van der Waals surface area (Å²) in [5.74, 6) is -0.105. The lowest BCUT2D eigenvalue weighted by Crippen LogP contribution is -2.13. The number of hydrogen-bond donors (Lipinski definition) is 1. The number of benzene rings is 2. The molecule has 1 radical (unpaired) electrons. The number of aryl methyl sites for hydroxylation is 1. The maximum atomic E-state index is 11.8. The van der Waals surface area contributed by atoms with E-state index in [1.807, 2.05) is 36.6 Å². The summed E-state index contributed by atoms with van der Waals surface area (Å²) in [6.45, 7) is 0. The number of amides is 1. The van der Waals surface area contributed by atoms with E-state index in [0.29, 0.717) is 24.1 Å². The van der Waals surface area contributed by atoms with Crippen LogP contribution in [0.3, 0.4) is 0 Å². The summed E-state index contributed by atoms with van der Waals surface area (Å²) in [7, 11) is 0. The molecule has 0 aliphatic carbocycles. The second-order valence-electron chi connectivity index (χ2n) is 4.18. The first kappa shape index (κ1) is 13.0. The Hall–Kier alpha value is -2.42. The summed E-state index contributed by atoms with van der Waals surface area (Å²) in [6, 6.07) is 16.6. The van der Waals surface area contributed by atoms with E-state index < -0.39 is 0 Å². The number of para-hydroxylation sites is 1. The quantitative estimate of drug-likeness (QED) is 0.889. The molecule has 0 bridgehead atoms. The van der Waals surface area contributed by atoms with E-state index in [4.69, 9.17) is 0 Å². The molecule has 19 heavy (non-hydrogen) atoms. The van der Waals surface area contributed by atoms with E-state index >= 15 is 0 Å². The van der Waals surface area contributed by atoms with Crippen LogP contribution >= 0.6 is 0 Å². The van der Waals surface area contributed by atoms with Gasteiger partial charge in [-0.25, -0.2) is 0 Å². The minimum Gasteiger partial charge on any atom is -0.325 e. The third kappa shape index (κ3) is 3.78. The summed E-state index contributed by atoms with van der Waals surface area (Å²) in [4.78, 5) is 22.5. The lowest BCUT2D eigenvalue weighted by molar-refractivity contribution is -0.116. The van der Waals surface area contributed by atoms with Crippen LogP contribution < -0.4 is 5.32 Å². The van der Waals surface area contributed by atoms with Crippen LogP contribution in [-0.2, 0) is 16.0 Å².